The summed E-state index contributed by atoms with van der Waals surface area (Å²) in [5.74, 6) is -1.56. The Bertz CT molecular complexity index is 1270. The maximum Gasteiger partial charge on any atom is 0.490 e. The standard InChI is InChI=1S/C23H26FN5O.C2HF3O2/c1-15-4-10-18(11-5-15)26-21-20(16-6-8-17(24)9-7-16)27-22-23(2,3)29(19(30)14-25)13-12-28(21)22;3-2(4,5)1(6)7/h4-11,26H,12-14,25H2,1-3H3;(H,6,7). The first-order chi connectivity index (χ1) is 17.3. The van der Waals surface area contributed by atoms with Gasteiger partial charge in [0.2, 0.25) is 5.91 Å². The van der Waals surface area contributed by atoms with Crippen LogP contribution in [-0.4, -0.2) is 50.7 Å². The predicted molar refractivity (Wildman–Crippen MR) is 130 cm³/mol. The number of rotatable bonds is 4. The highest BCUT2D eigenvalue weighted by Gasteiger charge is 2.41. The number of aromatic nitrogens is 2. The average Bonchev–Trinajstić information content (AvgIpc) is 3.20. The molecule has 3 aromatic rings. The van der Waals surface area contributed by atoms with E-state index in [0.29, 0.717) is 13.1 Å². The molecule has 0 unspecified atom stereocenters. The lowest BCUT2D eigenvalue weighted by molar-refractivity contribution is -0.192. The van der Waals surface area contributed by atoms with E-state index in [-0.39, 0.29) is 18.3 Å². The molecule has 0 bridgehead atoms. The molecule has 0 radical (unpaired) electrons. The van der Waals surface area contributed by atoms with Crippen molar-refractivity contribution >= 4 is 23.4 Å². The Hall–Kier alpha value is -3.93. The molecule has 0 atom stereocenters. The largest absolute Gasteiger partial charge is 0.490 e. The quantitative estimate of drug-likeness (QED) is 0.439. The molecule has 1 aliphatic rings. The number of nitrogens with one attached hydrogen (secondary N) is 1. The second-order valence-corrected chi connectivity index (χ2v) is 8.89. The monoisotopic (exact) mass is 521 g/mol. The van der Waals surface area contributed by atoms with E-state index in [1.54, 1.807) is 17.0 Å². The molecule has 0 fully saturated rings. The minimum atomic E-state index is -5.08. The maximum absolute atomic E-state index is 13.5. The van der Waals surface area contributed by atoms with Gasteiger partial charge in [-0.25, -0.2) is 14.2 Å². The molecule has 2 heterocycles. The molecule has 0 saturated heterocycles. The lowest BCUT2D eigenvalue weighted by Gasteiger charge is -2.42. The summed E-state index contributed by atoms with van der Waals surface area (Å²) in [5.41, 5.74) is 8.64. The third kappa shape index (κ3) is 6.08. The first-order valence-electron chi connectivity index (χ1n) is 11.3. The predicted octanol–water partition coefficient (Wildman–Crippen LogP) is 4.41. The second-order valence-electron chi connectivity index (χ2n) is 8.89. The maximum atomic E-state index is 13.5. The van der Waals surface area contributed by atoms with E-state index >= 15 is 0 Å². The average molecular weight is 522 g/mol. The van der Waals surface area contributed by atoms with Crippen molar-refractivity contribution in [1.29, 1.82) is 0 Å². The summed E-state index contributed by atoms with van der Waals surface area (Å²) in [6, 6.07) is 14.4. The molecule has 1 amide bonds. The van der Waals surface area contributed by atoms with E-state index < -0.39 is 17.7 Å². The number of aryl methyl sites for hydroxylation is 1. The second kappa shape index (κ2) is 10.6. The van der Waals surface area contributed by atoms with Gasteiger partial charge in [0, 0.05) is 24.3 Å². The van der Waals surface area contributed by atoms with Crippen LogP contribution in [0.25, 0.3) is 11.3 Å². The number of carboxylic acids is 1. The molecule has 4 N–H and O–H groups in total. The lowest BCUT2D eigenvalue weighted by atomic mass is 9.99. The van der Waals surface area contributed by atoms with Gasteiger partial charge in [-0.05, 0) is 57.2 Å². The van der Waals surface area contributed by atoms with Crippen molar-refractivity contribution in [3.63, 3.8) is 0 Å². The molecule has 198 valence electrons. The molecule has 4 rings (SSSR count). The van der Waals surface area contributed by atoms with Gasteiger partial charge in [-0.3, -0.25) is 4.79 Å². The first kappa shape index (κ1) is 27.7. The van der Waals surface area contributed by atoms with Crippen LogP contribution in [0.4, 0.5) is 29.1 Å². The highest BCUT2D eigenvalue weighted by atomic mass is 19.4. The molecule has 0 aliphatic carbocycles. The zero-order chi connectivity index (χ0) is 27.5. The molecule has 2 aromatic carbocycles. The van der Waals surface area contributed by atoms with E-state index in [1.807, 2.05) is 45.0 Å². The van der Waals surface area contributed by atoms with Gasteiger partial charge in [0.05, 0.1) is 12.1 Å². The number of carbonyl (C=O) groups is 2. The van der Waals surface area contributed by atoms with Gasteiger partial charge >= 0.3 is 12.1 Å². The molecule has 37 heavy (non-hydrogen) atoms. The molecule has 8 nitrogen and oxygen atoms in total. The van der Waals surface area contributed by atoms with E-state index in [0.717, 1.165) is 28.6 Å². The molecular weight excluding hydrogens is 494 g/mol. The SMILES string of the molecule is Cc1ccc(Nc2c(-c3ccc(F)cc3)nc3n2CCN(C(=O)CN)C3(C)C)cc1.O=C(O)C(F)(F)F. The van der Waals surface area contributed by atoms with Crippen LogP contribution in [-0.2, 0) is 21.7 Å². The van der Waals surface area contributed by atoms with Crippen molar-refractivity contribution in [1.82, 2.24) is 14.5 Å². The van der Waals surface area contributed by atoms with Crippen LogP contribution in [0.1, 0.15) is 25.2 Å². The summed E-state index contributed by atoms with van der Waals surface area (Å²) in [7, 11) is 0. The summed E-state index contributed by atoms with van der Waals surface area (Å²) in [6.45, 7) is 7.08. The molecule has 1 aliphatic heterocycles. The van der Waals surface area contributed by atoms with Crippen LogP contribution in [0.5, 0.6) is 0 Å². The molecule has 0 saturated carbocycles. The zero-order valence-electron chi connectivity index (χ0n) is 20.4. The van der Waals surface area contributed by atoms with E-state index in [4.69, 9.17) is 20.6 Å². The minimum absolute atomic E-state index is 0.0383. The first-order valence-corrected chi connectivity index (χ1v) is 11.3. The fourth-order valence-electron chi connectivity index (χ4n) is 3.99. The Morgan fingerprint density at radius 2 is 1.65 bits per heavy atom. The Balaban J connectivity index is 0.000000479. The highest BCUT2D eigenvalue weighted by Crippen LogP contribution is 2.39. The smallest absolute Gasteiger partial charge is 0.475 e. The van der Waals surface area contributed by atoms with Crippen molar-refractivity contribution in [2.24, 2.45) is 5.73 Å². The van der Waals surface area contributed by atoms with Crippen LogP contribution < -0.4 is 11.1 Å². The number of carboxylic acid groups (broad SMARTS) is 1. The number of anilines is 2. The number of fused-ring (bicyclic) bond motifs is 1. The number of aliphatic carboxylic acids is 1. The van der Waals surface area contributed by atoms with Crippen molar-refractivity contribution < 1.29 is 32.3 Å². The third-order valence-corrected chi connectivity index (χ3v) is 5.89. The Morgan fingerprint density at radius 1 is 1.08 bits per heavy atom. The summed E-state index contributed by atoms with van der Waals surface area (Å²) in [5, 5.41) is 10.6. The number of benzene rings is 2. The van der Waals surface area contributed by atoms with Crippen LogP contribution in [0.2, 0.25) is 0 Å². The number of hydrogen-bond donors (Lipinski definition) is 3. The normalized spacial score (nSPS) is 14.3. The van der Waals surface area contributed by atoms with Crippen LogP contribution in [0, 0.1) is 12.7 Å². The van der Waals surface area contributed by atoms with Crippen molar-refractivity contribution in [2.45, 2.75) is 39.0 Å². The zero-order valence-corrected chi connectivity index (χ0v) is 20.4. The topological polar surface area (TPSA) is 113 Å². The van der Waals surface area contributed by atoms with Gasteiger partial charge in [0.15, 0.2) is 0 Å². The molecule has 0 spiro atoms. The number of amides is 1. The number of halogens is 4. The molecular formula is C25H27F4N5O3. The summed E-state index contributed by atoms with van der Waals surface area (Å²) in [6.07, 6.45) is -5.08. The van der Waals surface area contributed by atoms with Gasteiger partial charge in [0.25, 0.3) is 0 Å². The van der Waals surface area contributed by atoms with Gasteiger partial charge in [-0.1, -0.05) is 17.7 Å². The number of imidazole rings is 1. The summed E-state index contributed by atoms with van der Waals surface area (Å²) >= 11 is 0. The van der Waals surface area contributed by atoms with Gasteiger partial charge in [-0.15, -0.1) is 0 Å². The number of carbonyl (C=O) groups excluding carboxylic acids is 1. The fraction of sp³-hybridized carbons (Fsp3) is 0.320. The third-order valence-electron chi connectivity index (χ3n) is 5.89. The molecule has 1 aromatic heterocycles. The summed E-state index contributed by atoms with van der Waals surface area (Å²) < 4.78 is 47.4. The highest BCUT2D eigenvalue weighted by molar-refractivity contribution is 5.80. The van der Waals surface area contributed by atoms with Crippen LogP contribution in [0.15, 0.2) is 48.5 Å². The van der Waals surface area contributed by atoms with Gasteiger partial charge in [-0.2, -0.15) is 13.2 Å². The minimum Gasteiger partial charge on any atom is -0.475 e. The van der Waals surface area contributed by atoms with Crippen molar-refractivity contribution in [3.05, 3.63) is 65.7 Å². The van der Waals surface area contributed by atoms with Crippen LogP contribution in [0.3, 0.4) is 0 Å². The van der Waals surface area contributed by atoms with Gasteiger partial charge in [0.1, 0.15) is 23.2 Å². The van der Waals surface area contributed by atoms with Crippen molar-refractivity contribution in [3.8, 4) is 11.3 Å². The number of nitrogens with zero attached hydrogens (tertiary/aromatic N) is 3. The van der Waals surface area contributed by atoms with Gasteiger partial charge < -0.3 is 25.6 Å². The number of alkyl halides is 3. The fourth-order valence-corrected chi connectivity index (χ4v) is 3.99. The summed E-state index contributed by atoms with van der Waals surface area (Å²) in [4.78, 5) is 28.0. The number of hydrogen-bond acceptors (Lipinski definition) is 5. The lowest BCUT2D eigenvalue weighted by Crippen LogP contribution is -2.53. The van der Waals surface area contributed by atoms with E-state index in [9.17, 15) is 22.4 Å². The van der Waals surface area contributed by atoms with E-state index in [2.05, 4.69) is 9.88 Å². The Kier molecular flexibility index (Phi) is 7.91. The number of nitrogens with two attached hydrogens (primary N) is 1. The Morgan fingerprint density at radius 3 is 2.16 bits per heavy atom. The van der Waals surface area contributed by atoms with E-state index in [1.165, 1.54) is 17.7 Å². The van der Waals surface area contributed by atoms with Crippen LogP contribution >= 0.6 is 0 Å². The van der Waals surface area contributed by atoms with Crippen molar-refractivity contribution in [2.75, 3.05) is 18.4 Å². The Labute approximate surface area is 210 Å². The molecule has 12 heteroatoms.